The van der Waals surface area contributed by atoms with Crippen molar-refractivity contribution in [2.75, 3.05) is 6.54 Å². The predicted octanol–water partition coefficient (Wildman–Crippen LogP) is 4.08. The summed E-state index contributed by atoms with van der Waals surface area (Å²) in [6, 6.07) is 12.8. The van der Waals surface area contributed by atoms with E-state index < -0.39 is 5.60 Å². The molecule has 0 saturated heterocycles. The van der Waals surface area contributed by atoms with Crippen LogP contribution in [0.5, 0.6) is 0 Å². The van der Waals surface area contributed by atoms with Crippen LogP contribution in [0.1, 0.15) is 51.5 Å². The van der Waals surface area contributed by atoms with E-state index >= 15 is 0 Å². The number of benzene rings is 1. The first-order chi connectivity index (χ1) is 10.8. The normalized spacial score (nSPS) is 24.4. The van der Waals surface area contributed by atoms with Crippen molar-refractivity contribution in [3.05, 3.63) is 35.9 Å². The van der Waals surface area contributed by atoms with Gasteiger partial charge in [-0.05, 0) is 45.6 Å². The highest BCUT2D eigenvalue weighted by atomic mass is 16.6. The van der Waals surface area contributed by atoms with Crippen molar-refractivity contribution in [3.8, 4) is 6.07 Å². The Morgan fingerprint density at radius 1 is 1.35 bits per heavy atom. The molecule has 0 aromatic heterocycles. The number of amides is 1. The van der Waals surface area contributed by atoms with E-state index in [1.165, 1.54) is 5.56 Å². The fraction of sp³-hybridized carbons (Fsp3) is 0.579. The number of hydrogen-bond donors (Lipinski definition) is 0. The minimum absolute atomic E-state index is 0.151. The first-order valence-corrected chi connectivity index (χ1v) is 8.29. The molecule has 2 saturated carbocycles. The molecule has 3 rings (SSSR count). The van der Waals surface area contributed by atoms with Crippen molar-refractivity contribution in [2.24, 2.45) is 5.41 Å². The monoisotopic (exact) mass is 312 g/mol. The second-order valence-electron chi connectivity index (χ2n) is 7.82. The third-order valence-corrected chi connectivity index (χ3v) is 4.58. The molecular formula is C19H24N2O2. The second-order valence-corrected chi connectivity index (χ2v) is 7.82. The third-order valence-electron chi connectivity index (χ3n) is 4.58. The molecule has 2 aliphatic rings. The summed E-state index contributed by atoms with van der Waals surface area (Å²) in [6.45, 7) is 6.12. The fourth-order valence-corrected chi connectivity index (χ4v) is 3.00. The topological polar surface area (TPSA) is 53.3 Å². The molecule has 23 heavy (non-hydrogen) atoms. The number of nitriles is 1. The van der Waals surface area contributed by atoms with Gasteiger partial charge in [0.1, 0.15) is 5.60 Å². The van der Waals surface area contributed by atoms with Gasteiger partial charge >= 0.3 is 6.09 Å². The molecule has 2 aliphatic carbocycles. The molecule has 0 N–H and O–H groups in total. The number of hydrogen-bond acceptors (Lipinski definition) is 3. The lowest BCUT2D eigenvalue weighted by Gasteiger charge is -2.29. The van der Waals surface area contributed by atoms with Crippen LogP contribution in [0.2, 0.25) is 0 Å². The molecule has 2 fully saturated rings. The predicted molar refractivity (Wildman–Crippen MR) is 87.8 cm³/mol. The van der Waals surface area contributed by atoms with E-state index in [-0.39, 0.29) is 17.6 Å². The quantitative estimate of drug-likeness (QED) is 0.841. The highest BCUT2D eigenvalue weighted by molar-refractivity contribution is 5.70. The average molecular weight is 312 g/mol. The summed E-state index contributed by atoms with van der Waals surface area (Å²) in [5.41, 5.74) is 0.393. The third kappa shape index (κ3) is 3.67. The fourth-order valence-electron chi connectivity index (χ4n) is 3.00. The molecule has 0 aliphatic heterocycles. The van der Waals surface area contributed by atoms with Crippen LogP contribution >= 0.6 is 0 Å². The Morgan fingerprint density at radius 3 is 2.52 bits per heavy atom. The molecule has 0 bridgehead atoms. The van der Waals surface area contributed by atoms with Crippen molar-refractivity contribution in [3.63, 3.8) is 0 Å². The van der Waals surface area contributed by atoms with E-state index in [1.54, 1.807) is 4.90 Å². The smallest absolute Gasteiger partial charge is 0.410 e. The van der Waals surface area contributed by atoms with Gasteiger partial charge in [-0.2, -0.15) is 5.26 Å². The van der Waals surface area contributed by atoms with Crippen LogP contribution in [0.4, 0.5) is 4.79 Å². The van der Waals surface area contributed by atoms with Gasteiger partial charge in [-0.3, -0.25) is 0 Å². The van der Waals surface area contributed by atoms with E-state index in [2.05, 4.69) is 18.2 Å². The van der Waals surface area contributed by atoms with Crippen LogP contribution in [0, 0.1) is 16.7 Å². The Hall–Kier alpha value is -2.02. The van der Waals surface area contributed by atoms with Gasteiger partial charge < -0.3 is 9.64 Å². The Labute approximate surface area is 138 Å². The van der Waals surface area contributed by atoms with Gasteiger partial charge in [0.25, 0.3) is 0 Å². The van der Waals surface area contributed by atoms with Gasteiger partial charge in [-0.15, -0.1) is 0 Å². The lowest BCUT2D eigenvalue weighted by atomic mass is 10.1. The van der Waals surface area contributed by atoms with E-state index in [4.69, 9.17) is 4.74 Å². The van der Waals surface area contributed by atoms with Crippen molar-refractivity contribution in [1.29, 1.82) is 5.26 Å². The minimum atomic E-state index is -0.518. The second kappa shape index (κ2) is 5.56. The van der Waals surface area contributed by atoms with Crippen molar-refractivity contribution >= 4 is 6.09 Å². The Bertz CT molecular complexity index is 623. The highest BCUT2D eigenvalue weighted by Gasteiger charge is 2.52. The lowest BCUT2D eigenvalue weighted by Crippen LogP contribution is -2.41. The standard InChI is InChI=1S/C19H24N2O2/c1-18(2,3)23-17(22)21(13-19(12-20)9-10-19)16-11-15(16)14-7-5-4-6-8-14/h4-8,15-16H,9-11,13H2,1-3H3/t15-,16+/m0/s1. The maximum Gasteiger partial charge on any atom is 0.410 e. The number of carbonyl (C=O) groups excluding carboxylic acids is 1. The van der Waals surface area contributed by atoms with Gasteiger partial charge in [-0.25, -0.2) is 4.79 Å². The maximum atomic E-state index is 12.6. The van der Waals surface area contributed by atoms with E-state index in [9.17, 15) is 10.1 Å². The van der Waals surface area contributed by atoms with Crippen LogP contribution in [-0.2, 0) is 4.74 Å². The lowest BCUT2D eigenvalue weighted by molar-refractivity contribution is 0.0204. The summed E-state index contributed by atoms with van der Waals surface area (Å²) in [4.78, 5) is 14.4. The van der Waals surface area contributed by atoms with Crippen LogP contribution in [0.3, 0.4) is 0 Å². The SMILES string of the molecule is CC(C)(C)OC(=O)N(CC1(C#N)CC1)[C@@H]1C[C@H]1c1ccccc1. The largest absolute Gasteiger partial charge is 0.444 e. The Kier molecular flexibility index (Phi) is 3.83. The van der Waals surface area contributed by atoms with Gasteiger partial charge in [0.05, 0.1) is 11.5 Å². The van der Waals surface area contributed by atoms with Crippen LogP contribution in [-0.4, -0.2) is 29.2 Å². The van der Waals surface area contributed by atoms with Gasteiger partial charge in [0.15, 0.2) is 0 Å². The van der Waals surface area contributed by atoms with Gasteiger partial charge in [-0.1, -0.05) is 30.3 Å². The maximum absolute atomic E-state index is 12.6. The minimum Gasteiger partial charge on any atom is -0.444 e. The zero-order valence-corrected chi connectivity index (χ0v) is 14.1. The van der Waals surface area contributed by atoms with Crippen molar-refractivity contribution in [2.45, 2.75) is 57.6 Å². The average Bonchev–Trinajstić information content (AvgIpc) is 3.39. The van der Waals surface area contributed by atoms with Crippen LogP contribution in [0.25, 0.3) is 0 Å². The highest BCUT2D eigenvalue weighted by Crippen LogP contribution is 2.50. The molecule has 2 atom stereocenters. The van der Waals surface area contributed by atoms with E-state index in [0.29, 0.717) is 12.5 Å². The molecule has 0 unspecified atom stereocenters. The molecular weight excluding hydrogens is 288 g/mol. The molecule has 4 nitrogen and oxygen atoms in total. The number of ether oxygens (including phenoxy) is 1. The van der Waals surface area contributed by atoms with Crippen LogP contribution in [0.15, 0.2) is 30.3 Å². The molecule has 0 spiro atoms. The molecule has 1 aromatic carbocycles. The first-order valence-electron chi connectivity index (χ1n) is 8.29. The van der Waals surface area contributed by atoms with Crippen molar-refractivity contribution < 1.29 is 9.53 Å². The Balaban J connectivity index is 1.74. The van der Waals surface area contributed by atoms with Gasteiger partial charge in [0.2, 0.25) is 0 Å². The zero-order valence-electron chi connectivity index (χ0n) is 14.1. The number of nitrogens with zero attached hydrogens (tertiary/aromatic N) is 2. The summed E-state index contributed by atoms with van der Waals surface area (Å²) in [7, 11) is 0. The number of carbonyl (C=O) groups is 1. The molecule has 1 aromatic rings. The molecule has 4 heteroatoms. The Morgan fingerprint density at radius 2 is 2.00 bits per heavy atom. The number of rotatable bonds is 4. The first kappa shape index (κ1) is 15.9. The van der Waals surface area contributed by atoms with Gasteiger partial charge in [0, 0.05) is 18.5 Å². The molecule has 122 valence electrons. The molecule has 0 heterocycles. The summed E-state index contributed by atoms with van der Waals surface area (Å²) >= 11 is 0. The van der Waals surface area contributed by atoms with E-state index in [1.807, 2.05) is 39.0 Å². The van der Waals surface area contributed by atoms with E-state index in [0.717, 1.165) is 19.3 Å². The van der Waals surface area contributed by atoms with Crippen molar-refractivity contribution in [1.82, 2.24) is 4.90 Å². The zero-order chi connectivity index (χ0) is 16.7. The molecule has 0 radical (unpaired) electrons. The summed E-state index contributed by atoms with van der Waals surface area (Å²) < 4.78 is 5.58. The van der Waals surface area contributed by atoms with Crippen LogP contribution < -0.4 is 0 Å². The summed E-state index contributed by atoms with van der Waals surface area (Å²) in [5, 5.41) is 9.38. The molecule has 1 amide bonds. The summed E-state index contributed by atoms with van der Waals surface area (Å²) in [6.07, 6.45) is 2.42. The summed E-state index contributed by atoms with van der Waals surface area (Å²) in [5.74, 6) is 0.359.